The molecule has 1 aliphatic carbocycles. The minimum Gasteiger partial charge on any atom is -0.351 e. The third-order valence-electron chi connectivity index (χ3n) is 4.91. The Balaban J connectivity index is 1.72. The van der Waals surface area contributed by atoms with E-state index in [4.69, 9.17) is 0 Å². The lowest BCUT2D eigenvalue weighted by molar-refractivity contribution is 0.0755. The van der Waals surface area contributed by atoms with E-state index in [1.807, 2.05) is 17.9 Å². The molecule has 0 unspecified atom stereocenters. The summed E-state index contributed by atoms with van der Waals surface area (Å²) in [6, 6.07) is 2.27. The van der Waals surface area contributed by atoms with Crippen molar-refractivity contribution in [2.45, 2.75) is 70.8 Å². The smallest absolute Gasteiger partial charge is 0.272 e. The van der Waals surface area contributed by atoms with Crippen molar-refractivity contribution < 1.29 is 4.79 Å². The minimum absolute atomic E-state index is 0.0593. The standard InChI is InChI=1S/C18H28N4O/c1-14-13-16(17(23)22-11-7-2-3-8-12-22)21-18(19-14)20-15-9-5-4-6-10-15/h13,15H,2-12H2,1H3,(H,19,20,21). The summed E-state index contributed by atoms with van der Waals surface area (Å²) in [4.78, 5) is 23.7. The van der Waals surface area contributed by atoms with E-state index in [-0.39, 0.29) is 5.91 Å². The van der Waals surface area contributed by atoms with E-state index in [0.717, 1.165) is 31.6 Å². The van der Waals surface area contributed by atoms with Gasteiger partial charge in [0.05, 0.1) is 0 Å². The molecule has 1 N–H and O–H groups in total. The van der Waals surface area contributed by atoms with Crippen LogP contribution in [-0.4, -0.2) is 39.9 Å². The minimum atomic E-state index is 0.0593. The van der Waals surface area contributed by atoms with E-state index >= 15 is 0 Å². The highest BCUT2D eigenvalue weighted by Gasteiger charge is 2.21. The third kappa shape index (κ3) is 4.43. The van der Waals surface area contributed by atoms with Crippen LogP contribution < -0.4 is 5.32 Å². The molecular weight excluding hydrogens is 288 g/mol. The van der Waals surface area contributed by atoms with Crippen molar-refractivity contribution in [3.63, 3.8) is 0 Å². The zero-order valence-electron chi connectivity index (χ0n) is 14.2. The van der Waals surface area contributed by atoms with E-state index in [2.05, 4.69) is 15.3 Å². The number of carbonyl (C=O) groups excluding carboxylic acids is 1. The largest absolute Gasteiger partial charge is 0.351 e. The molecule has 1 aromatic heterocycles. The van der Waals surface area contributed by atoms with Crippen molar-refractivity contribution in [2.24, 2.45) is 0 Å². The topological polar surface area (TPSA) is 58.1 Å². The van der Waals surface area contributed by atoms with Gasteiger partial charge in [0.1, 0.15) is 5.69 Å². The molecule has 0 radical (unpaired) electrons. The molecule has 0 bridgehead atoms. The van der Waals surface area contributed by atoms with Gasteiger partial charge >= 0.3 is 0 Å². The lowest BCUT2D eigenvalue weighted by Crippen LogP contribution is -2.33. The molecule has 1 aromatic rings. The molecule has 5 nitrogen and oxygen atoms in total. The van der Waals surface area contributed by atoms with Crippen molar-refractivity contribution >= 4 is 11.9 Å². The maximum absolute atomic E-state index is 12.8. The van der Waals surface area contributed by atoms with Crippen molar-refractivity contribution in [2.75, 3.05) is 18.4 Å². The van der Waals surface area contributed by atoms with Gasteiger partial charge in [-0.1, -0.05) is 32.1 Å². The Labute approximate surface area is 138 Å². The first-order valence-corrected chi connectivity index (χ1v) is 9.14. The van der Waals surface area contributed by atoms with E-state index < -0.39 is 0 Å². The van der Waals surface area contributed by atoms with Crippen LogP contribution in [0.15, 0.2) is 6.07 Å². The second kappa shape index (κ2) is 7.75. The molecule has 1 saturated carbocycles. The monoisotopic (exact) mass is 316 g/mol. The molecule has 23 heavy (non-hydrogen) atoms. The van der Waals surface area contributed by atoms with Crippen LogP contribution in [0.3, 0.4) is 0 Å². The average Bonchev–Trinajstić information content (AvgIpc) is 2.84. The van der Waals surface area contributed by atoms with Gasteiger partial charge in [-0.15, -0.1) is 0 Å². The van der Waals surface area contributed by atoms with Crippen LogP contribution in [0.1, 0.15) is 74.0 Å². The number of carbonyl (C=O) groups is 1. The number of anilines is 1. The van der Waals surface area contributed by atoms with Gasteiger partial charge in [-0.25, -0.2) is 9.97 Å². The highest BCUT2D eigenvalue weighted by Crippen LogP contribution is 2.21. The normalized spacial score (nSPS) is 20.1. The van der Waals surface area contributed by atoms with Crippen molar-refractivity contribution in [3.8, 4) is 0 Å². The Morgan fingerprint density at radius 3 is 2.39 bits per heavy atom. The maximum atomic E-state index is 12.8. The van der Waals surface area contributed by atoms with Crippen molar-refractivity contribution in [1.82, 2.24) is 14.9 Å². The summed E-state index contributed by atoms with van der Waals surface area (Å²) in [5.41, 5.74) is 1.40. The summed E-state index contributed by atoms with van der Waals surface area (Å²) in [6.45, 7) is 3.65. The van der Waals surface area contributed by atoms with Gasteiger partial charge in [0, 0.05) is 24.8 Å². The molecule has 1 amide bonds. The van der Waals surface area contributed by atoms with Gasteiger partial charge < -0.3 is 10.2 Å². The van der Waals surface area contributed by atoms with Gasteiger partial charge in [0.2, 0.25) is 5.95 Å². The lowest BCUT2D eigenvalue weighted by Gasteiger charge is -2.23. The molecule has 0 spiro atoms. The summed E-state index contributed by atoms with van der Waals surface area (Å²) >= 11 is 0. The number of amides is 1. The molecule has 0 aromatic carbocycles. The third-order valence-corrected chi connectivity index (χ3v) is 4.91. The molecule has 126 valence electrons. The van der Waals surface area contributed by atoms with Crippen LogP contribution in [0, 0.1) is 6.92 Å². The Morgan fingerprint density at radius 2 is 1.70 bits per heavy atom. The van der Waals surface area contributed by atoms with Gasteiger partial charge in [0.15, 0.2) is 0 Å². The predicted molar refractivity (Wildman–Crippen MR) is 91.6 cm³/mol. The number of nitrogens with one attached hydrogen (secondary N) is 1. The van der Waals surface area contributed by atoms with E-state index in [1.54, 1.807) is 0 Å². The zero-order valence-corrected chi connectivity index (χ0v) is 14.2. The molecule has 1 aliphatic heterocycles. The molecule has 0 atom stereocenters. The van der Waals surface area contributed by atoms with Crippen LogP contribution in [-0.2, 0) is 0 Å². The predicted octanol–water partition coefficient (Wildman–Crippen LogP) is 3.55. The molecule has 1 saturated heterocycles. The fraction of sp³-hybridized carbons (Fsp3) is 0.722. The zero-order chi connectivity index (χ0) is 16.1. The van der Waals surface area contributed by atoms with Gasteiger partial charge in [-0.2, -0.15) is 0 Å². The first kappa shape index (κ1) is 16.2. The Hall–Kier alpha value is -1.65. The second-order valence-electron chi connectivity index (χ2n) is 6.90. The first-order valence-electron chi connectivity index (χ1n) is 9.14. The van der Waals surface area contributed by atoms with Crippen LogP contribution in [0.2, 0.25) is 0 Å². The van der Waals surface area contributed by atoms with Gasteiger partial charge in [-0.05, 0) is 38.7 Å². The summed E-state index contributed by atoms with van der Waals surface area (Å²) in [5.74, 6) is 0.680. The van der Waals surface area contributed by atoms with Crippen LogP contribution in [0.5, 0.6) is 0 Å². The summed E-state index contributed by atoms with van der Waals surface area (Å²) in [7, 11) is 0. The van der Waals surface area contributed by atoms with Crippen LogP contribution in [0.4, 0.5) is 5.95 Å². The first-order chi connectivity index (χ1) is 11.2. The van der Waals surface area contributed by atoms with Crippen LogP contribution >= 0.6 is 0 Å². The molecule has 3 rings (SSSR count). The average molecular weight is 316 g/mol. The molecule has 2 fully saturated rings. The fourth-order valence-electron chi connectivity index (χ4n) is 3.61. The number of nitrogens with zero attached hydrogens (tertiary/aromatic N) is 3. The lowest BCUT2D eigenvalue weighted by atomic mass is 9.96. The second-order valence-corrected chi connectivity index (χ2v) is 6.90. The summed E-state index contributed by atoms with van der Waals surface area (Å²) in [5, 5.41) is 3.44. The number of hydrogen-bond donors (Lipinski definition) is 1. The quantitative estimate of drug-likeness (QED) is 0.926. The highest BCUT2D eigenvalue weighted by molar-refractivity contribution is 5.92. The Morgan fingerprint density at radius 1 is 1.04 bits per heavy atom. The highest BCUT2D eigenvalue weighted by atomic mass is 16.2. The van der Waals surface area contributed by atoms with Crippen molar-refractivity contribution in [3.05, 3.63) is 17.5 Å². The number of aromatic nitrogens is 2. The number of aryl methyl sites for hydroxylation is 1. The summed E-state index contributed by atoms with van der Waals surface area (Å²) in [6.07, 6.45) is 10.9. The molecule has 2 heterocycles. The Bertz CT molecular complexity index is 532. The van der Waals surface area contributed by atoms with Crippen LogP contribution in [0.25, 0.3) is 0 Å². The molecular formula is C18H28N4O. The Kier molecular flexibility index (Phi) is 5.47. The SMILES string of the molecule is Cc1cc(C(=O)N2CCCCCC2)nc(NC2CCCCC2)n1. The molecule has 5 heteroatoms. The van der Waals surface area contributed by atoms with E-state index in [1.165, 1.54) is 44.9 Å². The van der Waals surface area contributed by atoms with Gasteiger partial charge in [0.25, 0.3) is 5.91 Å². The van der Waals surface area contributed by atoms with E-state index in [0.29, 0.717) is 17.7 Å². The van der Waals surface area contributed by atoms with Crippen molar-refractivity contribution in [1.29, 1.82) is 0 Å². The van der Waals surface area contributed by atoms with Gasteiger partial charge in [-0.3, -0.25) is 4.79 Å². The number of hydrogen-bond acceptors (Lipinski definition) is 4. The summed E-state index contributed by atoms with van der Waals surface area (Å²) < 4.78 is 0. The number of likely N-dealkylation sites (tertiary alicyclic amines) is 1. The maximum Gasteiger partial charge on any atom is 0.272 e. The molecule has 2 aliphatic rings. The fourth-order valence-corrected chi connectivity index (χ4v) is 3.61. The van der Waals surface area contributed by atoms with E-state index in [9.17, 15) is 4.79 Å². The number of rotatable bonds is 3.